The van der Waals surface area contributed by atoms with Crippen LogP contribution in [-0.4, -0.2) is 20.6 Å². The number of carbonyl (C=O) groups is 1. The highest BCUT2D eigenvalue weighted by molar-refractivity contribution is 6.30. The van der Waals surface area contributed by atoms with Crippen molar-refractivity contribution in [2.45, 2.75) is 26.5 Å². The average Bonchev–Trinajstić information content (AvgIpc) is 2.82. The first-order valence-corrected chi connectivity index (χ1v) is 6.54. The molecule has 1 aromatic carbocycles. The van der Waals surface area contributed by atoms with Gasteiger partial charge in [-0.25, -0.2) is 9.78 Å². The van der Waals surface area contributed by atoms with E-state index < -0.39 is 5.97 Å². The summed E-state index contributed by atoms with van der Waals surface area (Å²) in [6, 6.07) is 7.08. The fourth-order valence-corrected chi connectivity index (χ4v) is 1.89. The number of carboxylic acids is 1. The summed E-state index contributed by atoms with van der Waals surface area (Å²) in [5, 5.41) is 9.62. The number of ether oxygens (including phenoxy) is 1. The molecule has 0 aliphatic rings. The molecule has 6 heteroatoms. The third kappa shape index (κ3) is 3.30. The molecule has 0 fully saturated rings. The van der Waals surface area contributed by atoms with Crippen molar-refractivity contribution in [3.05, 3.63) is 47.0 Å². The number of nitrogens with zero attached hydrogens (tertiary/aromatic N) is 2. The molecule has 0 unspecified atom stereocenters. The van der Waals surface area contributed by atoms with E-state index in [0.29, 0.717) is 16.6 Å². The Kier molecular flexibility index (Phi) is 4.29. The SMILES string of the molecule is CC(C)n1cc(C(=O)O)nc1COc1ccc(Cl)cc1. The van der Waals surface area contributed by atoms with Crippen LogP contribution in [0.3, 0.4) is 0 Å². The monoisotopic (exact) mass is 294 g/mol. The van der Waals surface area contributed by atoms with Gasteiger partial charge in [0.15, 0.2) is 5.69 Å². The molecule has 1 aromatic heterocycles. The topological polar surface area (TPSA) is 64.4 Å². The van der Waals surface area contributed by atoms with Crippen molar-refractivity contribution in [2.75, 3.05) is 0 Å². The van der Waals surface area contributed by atoms with Crippen LogP contribution in [0.1, 0.15) is 36.2 Å². The minimum Gasteiger partial charge on any atom is -0.486 e. The molecule has 0 atom stereocenters. The number of hydrogen-bond acceptors (Lipinski definition) is 3. The van der Waals surface area contributed by atoms with Gasteiger partial charge < -0.3 is 14.4 Å². The first-order valence-electron chi connectivity index (χ1n) is 6.17. The first-order chi connectivity index (χ1) is 9.47. The van der Waals surface area contributed by atoms with E-state index in [0.717, 1.165) is 0 Å². The van der Waals surface area contributed by atoms with E-state index in [-0.39, 0.29) is 18.3 Å². The second kappa shape index (κ2) is 5.96. The van der Waals surface area contributed by atoms with E-state index in [9.17, 15) is 4.79 Å². The van der Waals surface area contributed by atoms with Crippen LogP contribution in [0.5, 0.6) is 5.75 Å². The van der Waals surface area contributed by atoms with Crippen LogP contribution in [-0.2, 0) is 6.61 Å². The minimum atomic E-state index is -1.04. The lowest BCUT2D eigenvalue weighted by Crippen LogP contribution is -2.08. The minimum absolute atomic E-state index is 0.0217. The predicted octanol–water partition coefficient (Wildman–Crippen LogP) is 3.39. The summed E-state index contributed by atoms with van der Waals surface area (Å²) in [4.78, 5) is 15.0. The van der Waals surface area contributed by atoms with Gasteiger partial charge in [-0.1, -0.05) is 11.6 Å². The Morgan fingerprint density at radius 1 is 1.40 bits per heavy atom. The van der Waals surface area contributed by atoms with Gasteiger partial charge in [0.05, 0.1) is 0 Å². The fraction of sp³-hybridized carbons (Fsp3) is 0.286. The molecule has 2 aromatic rings. The van der Waals surface area contributed by atoms with Gasteiger partial charge >= 0.3 is 5.97 Å². The molecule has 0 radical (unpaired) electrons. The van der Waals surface area contributed by atoms with Crippen molar-refractivity contribution in [2.24, 2.45) is 0 Å². The van der Waals surface area contributed by atoms with E-state index in [2.05, 4.69) is 4.98 Å². The zero-order chi connectivity index (χ0) is 14.7. The standard InChI is InChI=1S/C14H15ClN2O3/c1-9(2)17-7-12(14(18)19)16-13(17)8-20-11-5-3-10(15)4-6-11/h3-7,9H,8H2,1-2H3,(H,18,19). The van der Waals surface area contributed by atoms with Crippen molar-refractivity contribution in [1.82, 2.24) is 9.55 Å². The van der Waals surface area contributed by atoms with Crippen molar-refractivity contribution >= 4 is 17.6 Å². The number of imidazole rings is 1. The van der Waals surface area contributed by atoms with Crippen LogP contribution in [0.4, 0.5) is 0 Å². The zero-order valence-corrected chi connectivity index (χ0v) is 12.0. The predicted molar refractivity (Wildman–Crippen MR) is 75.4 cm³/mol. The zero-order valence-electron chi connectivity index (χ0n) is 11.2. The van der Waals surface area contributed by atoms with Crippen LogP contribution >= 0.6 is 11.6 Å². The van der Waals surface area contributed by atoms with Crippen LogP contribution in [0.15, 0.2) is 30.5 Å². The molecule has 5 nitrogen and oxygen atoms in total. The van der Waals surface area contributed by atoms with E-state index in [1.165, 1.54) is 6.20 Å². The molecule has 0 aliphatic carbocycles. The maximum atomic E-state index is 11.0. The van der Waals surface area contributed by atoms with Gasteiger partial charge in [0.25, 0.3) is 0 Å². The van der Waals surface area contributed by atoms with E-state index in [4.69, 9.17) is 21.4 Å². The number of aromatic carboxylic acids is 1. The van der Waals surface area contributed by atoms with Crippen molar-refractivity contribution in [3.63, 3.8) is 0 Å². The summed E-state index contributed by atoms with van der Waals surface area (Å²) >= 11 is 5.80. The summed E-state index contributed by atoms with van der Waals surface area (Å²) in [6.07, 6.45) is 1.52. The summed E-state index contributed by atoms with van der Waals surface area (Å²) in [7, 11) is 0. The maximum Gasteiger partial charge on any atom is 0.356 e. The number of halogens is 1. The van der Waals surface area contributed by atoms with Crippen molar-refractivity contribution in [3.8, 4) is 5.75 Å². The molecule has 0 saturated carbocycles. The van der Waals surface area contributed by atoms with Crippen LogP contribution in [0, 0.1) is 0 Å². The summed E-state index contributed by atoms with van der Waals surface area (Å²) in [5.74, 6) is 0.189. The second-order valence-corrected chi connectivity index (χ2v) is 5.03. The lowest BCUT2D eigenvalue weighted by atomic mass is 10.3. The molecule has 0 amide bonds. The first kappa shape index (κ1) is 14.4. The number of carboxylic acid groups (broad SMARTS) is 1. The van der Waals surface area contributed by atoms with Crippen LogP contribution < -0.4 is 4.74 Å². The van der Waals surface area contributed by atoms with Gasteiger partial charge in [0, 0.05) is 17.3 Å². The third-order valence-corrected chi connectivity index (χ3v) is 3.02. The average molecular weight is 295 g/mol. The summed E-state index contributed by atoms with van der Waals surface area (Å²) < 4.78 is 7.39. The maximum absolute atomic E-state index is 11.0. The Labute approximate surface area is 121 Å². The smallest absolute Gasteiger partial charge is 0.356 e. The quantitative estimate of drug-likeness (QED) is 0.918. The largest absolute Gasteiger partial charge is 0.486 e. The lowest BCUT2D eigenvalue weighted by Gasteiger charge is -2.12. The van der Waals surface area contributed by atoms with E-state index in [1.807, 2.05) is 13.8 Å². The second-order valence-electron chi connectivity index (χ2n) is 4.59. The molecule has 20 heavy (non-hydrogen) atoms. The fourth-order valence-electron chi connectivity index (χ4n) is 1.77. The van der Waals surface area contributed by atoms with Gasteiger partial charge in [0.2, 0.25) is 0 Å². The van der Waals surface area contributed by atoms with Gasteiger partial charge in [0.1, 0.15) is 18.2 Å². The summed E-state index contributed by atoms with van der Waals surface area (Å²) in [5.41, 5.74) is 0.0217. The molecule has 1 heterocycles. The Balaban J connectivity index is 2.15. The molecule has 2 rings (SSSR count). The van der Waals surface area contributed by atoms with Gasteiger partial charge in [-0.15, -0.1) is 0 Å². The van der Waals surface area contributed by atoms with Gasteiger partial charge in [-0.3, -0.25) is 0 Å². The Hall–Kier alpha value is -2.01. The molecule has 1 N–H and O–H groups in total. The van der Waals surface area contributed by atoms with Crippen molar-refractivity contribution in [1.29, 1.82) is 0 Å². The highest BCUT2D eigenvalue weighted by Crippen LogP contribution is 2.18. The molecule has 0 bridgehead atoms. The lowest BCUT2D eigenvalue weighted by molar-refractivity contribution is 0.0690. The number of benzene rings is 1. The van der Waals surface area contributed by atoms with Crippen LogP contribution in [0.25, 0.3) is 0 Å². The molecule has 0 saturated heterocycles. The highest BCUT2D eigenvalue weighted by Gasteiger charge is 2.15. The van der Waals surface area contributed by atoms with E-state index >= 15 is 0 Å². The number of rotatable bonds is 5. The Morgan fingerprint density at radius 2 is 2.05 bits per heavy atom. The normalized spacial score (nSPS) is 10.8. The number of hydrogen-bond donors (Lipinski definition) is 1. The molecule has 0 aliphatic heterocycles. The highest BCUT2D eigenvalue weighted by atomic mass is 35.5. The molecule has 0 spiro atoms. The van der Waals surface area contributed by atoms with Crippen molar-refractivity contribution < 1.29 is 14.6 Å². The molecule has 106 valence electrons. The van der Waals surface area contributed by atoms with Crippen LogP contribution in [0.2, 0.25) is 5.02 Å². The van der Waals surface area contributed by atoms with Gasteiger partial charge in [-0.05, 0) is 38.1 Å². The van der Waals surface area contributed by atoms with E-state index in [1.54, 1.807) is 28.8 Å². The summed E-state index contributed by atoms with van der Waals surface area (Å²) in [6.45, 7) is 4.12. The Bertz CT molecular complexity index is 605. The third-order valence-electron chi connectivity index (χ3n) is 2.77. The molecular weight excluding hydrogens is 280 g/mol. The Morgan fingerprint density at radius 3 is 2.60 bits per heavy atom. The molecular formula is C14H15ClN2O3. The number of aromatic nitrogens is 2. The van der Waals surface area contributed by atoms with Gasteiger partial charge in [-0.2, -0.15) is 0 Å².